The van der Waals surface area contributed by atoms with Crippen LogP contribution in [0.4, 0.5) is 0 Å². The molecule has 2 aromatic heterocycles. The zero-order chi connectivity index (χ0) is 23.4. The maximum absolute atomic E-state index is 13.0. The summed E-state index contributed by atoms with van der Waals surface area (Å²) in [5.74, 6) is 0.764. The Labute approximate surface area is 200 Å². The average Bonchev–Trinajstić information content (AvgIpc) is 3.32. The highest BCUT2D eigenvalue weighted by Crippen LogP contribution is 2.40. The fourth-order valence-electron chi connectivity index (χ4n) is 4.76. The Balaban J connectivity index is 1.33. The number of benzene rings is 1. The van der Waals surface area contributed by atoms with Crippen molar-refractivity contribution >= 4 is 17.5 Å². The van der Waals surface area contributed by atoms with Crippen LogP contribution in [-0.4, -0.2) is 32.9 Å². The summed E-state index contributed by atoms with van der Waals surface area (Å²) in [4.78, 5) is 23.0. The quantitative estimate of drug-likeness (QED) is 0.459. The third kappa shape index (κ3) is 5.60. The second-order valence-corrected chi connectivity index (χ2v) is 9.46. The highest BCUT2D eigenvalue weighted by Gasteiger charge is 2.31. The van der Waals surface area contributed by atoms with E-state index in [-0.39, 0.29) is 17.9 Å². The first-order valence-electron chi connectivity index (χ1n) is 11.5. The van der Waals surface area contributed by atoms with E-state index in [1.54, 1.807) is 29.6 Å². The molecule has 2 heterocycles. The van der Waals surface area contributed by atoms with Crippen LogP contribution in [0.15, 0.2) is 67.1 Å². The molecule has 1 aliphatic rings. The molecule has 0 aliphatic heterocycles. The number of carbonyl (C=O) groups is 1. The molecule has 3 aromatic rings. The molecule has 0 radical (unpaired) electrons. The summed E-state index contributed by atoms with van der Waals surface area (Å²) < 4.78 is 0. The molecule has 1 aliphatic carbocycles. The van der Waals surface area contributed by atoms with Gasteiger partial charge in [-0.2, -0.15) is 0 Å². The number of halogens is 1. The lowest BCUT2D eigenvalue weighted by atomic mass is 9.92. The average molecular weight is 464 g/mol. The molecule has 1 amide bonds. The predicted molar refractivity (Wildman–Crippen MR) is 130 cm³/mol. The Morgan fingerprint density at radius 2 is 1.91 bits per heavy atom. The maximum atomic E-state index is 13.0. The fourth-order valence-corrected chi connectivity index (χ4v) is 4.87. The van der Waals surface area contributed by atoms with Gasteiger partial charge >= 0.3 is 0 Å². The lowest BCUT2D eigenvalue weighted by Gasteiger charge is -2.25. The van der Waals surface area contributed by atoms with Crippen LogP contribution in [0, 0.1) is 11.8 Å². The van der Waals surface area contributed by atoms with E-state index in [1.807, 2.05) is 44.3 Å². The van der Waals surface area contributed by atoms with Gasteiger partial charge in [-0.25, -0.2) is 4.98 Å². The van der Waals surface area contributed by atoms with Gasteiger partial charge in [0, 0.05) is 31.2 Å². The summed E-state index contributed by atoms with van der Waals surface area (Å²) in [7, 11) is 1.83. The van der Waals surface area contributed by atoms with Gasteiger partial charge in [0.1, 0.15) is 5.15 Å². The SMILES string of the molecule is CC(c1cccnc1)N(C)C(=O)c1ccc(C[C@@H]2CC[C@H]([C@H](O)c3ccc(Cl)nc3)C2)cc1. The lowest BCUT2D eigenvalue weighted by molar-refractivity contribution is 0.0742. The Morgan fingerprint density at radius 1 is 1.12 bits per heavy atom. The van der Waals surface area contributed by atoms with Gasteiger partial charge < -0.3 is 10.0 Å². The first-order chi connectivity index (χ1) is 15.9. The molecular weight excluding hydrogens is 434 g/mol. The van der Waals surface area contributed by atoms with Crippen LogP contribution in [0.1, 0.15) is 65.4 Å². The van der Waals surface area contributed by atoms with Crippen molar-refractivity contribution in [3.8, 4) is 0 Å². The van der Waals surface area contributed by atoms with Crippen LogP contribution in [0.2, 0.25) is 5.15 Å². The molecule has 1 unspecified atom stereocenters. The van der Waals surface area contributed by atoms with Crippen molar-refractivity contribution in [3.05, 3.63) is 94.5 Å². The molecule has 1 fully saturated rings. The van der Waals surface area contributed by atoms with Crippen LogP contribution in [0.3, 0.4) is 0 Å². The second kappa shape index (κ2) is 10.4. The van der Waals surface area contributed by atoms with Gasteiger partial charge in [0.05, 0.1) is 12.1 Å². The number of pyridine rings is 2. The van der Waals surface area contributed by atoms with E-state index in [9.17, 15) is 9.90 Å². The van der Waals surface area contributed by atoms with Crippen molar-refractivity contribution in [2.75, 3.05) is 7.05 Å². The summed E-state index contributed by atoms with van der Waals surface area (Å²) in [5, 5.41) is 11.2. The molecule has 0 saturated heterocycles. The largest absolute Gasteiger partial charge is 0.388 e. The van der Waals surface area contributed by atoms with Gasteiger partial charge in [0.2, 0.25) is 0 Å². The van der Waals surface area contributed by atoms with Crippen LogP contribution in [-0.2, 0) is 6.42 Å². The summed E-state index contributed by atoms with van der Waals surface area (Å²) in [6.45, 7) is 2.01. The Morgan fingerprint density at radius 3 is 2.58 bits per heavy atom. The Kier molecular flexibility index (Phi) is 7.41. The Hall–Kier alpha value is -2.76. The standard InChI is InChI=1S/C27H30ClN3O2/c1-18(23-4-3-13-29-16-23)31(2)27(33)21-8-5-19(6-9-21)14-20-7-10-22(15-20)26(32)24-11-12-25(28)30-17-24/h3-6,8-9,11-13,16-18,20,22,26,32H,7,10,14-15H2,1-2H3/t18?,20-,22-,26-/m0/s1. The Bertz CT molecular complexity index is 1060. The van der Waals surface area contributed by atoms with E-state index in [2.05, 4.69) is 22.1 Å². The summed E-state index contributed by atoms with van der Waals surface area (Å²) in [6, 6.07) is 15.4. The third-order valence-electron chi connectivity index (χ3n) is 6.91. The number of nitrogens with zero attached hydrogens (tertiary/aromatic N) is 3. The monoisotopic (exact) mass is 463 g/mol. The van der Waals surface area contributed by atoms with Gasteiger partial charge in [-0.15, -0.1) is 0 Å². The molecule has 172 valence electrons. The molecule has 0 spiro atoms. The highest BCUT2D eigenvalue weighted by atomic mass is 35.5. The summed E-state index contributed by atoms with van der Waals surface area (Å²) in [5.41, 5.74) is 3.75. The van der Waals surface area contributed by atoms with Crippen molar-refractivity contribution in [1.82, 2.24) is 14.9 Å². The van der Waals surface area contributed by atoms with Gasteiger partial charge in [0.25, 0.3) is 5.91 Å². The first-order valence-corrected chi connectivity index (χ1v) is 11.9. The number of aliphatic hydroxyl groups is 1. The fraction of sp³-hybridized carbons (Fsp3) is 0.370. The molecule has 6 heteroatoms. The van der Waals surface area contributed by atoms with Gasteiger partial charge in [-0.3, -0.25) is 9.78 Å². The maximum Gasteiger partial charge on any atom is 0.254 e. The number of aliphatic hydroxyl groups excluding tert-OH is 1. The molecular formula is C27H30ClN3O2. The van der Waals surface area contributed by atoms with Crippen molar-refractivity contribution in [2.45, 2.75) is 44.8 Å². The zero-order valence-electron chi connectivity index (χ0n) is 19.1. The van der Waals surface area contributed by atoms with Crippen molar-refractivity contribution < 1.29 is 9.90 Å². The van der Waals surface area contributed by atoms with Crippen LogP contribution < -0.4 is 0 Å². The van der Waals surface area contributed by atoms with Crippen molar-refractivity contribution in [1.29, 1.82) is 0 Å². The van der Waals surface area contributed by atoms with Gasteiger partial charge in [-0.05, 0) is 85.4 Å². The first kappa shape index (κ1) is 23.4. The minimum Gasteiger partial charge on any atom is -0.388 e. The van der Waals surface area contributed by atoms with Crippen LogP contribution in [0.25, 0.3) is 0 Å². The van der Waals surface area contributed by atoms with Crippen molar-refractivity contribution in [2.24, 2.45) is 11.8 Å². The zero-order valence-corrected chi connectivity index (χ0v) is 19.8. The second-order valence-electron chi connectivity index (χ2n) is 9.08. The number of amides is 1. The van der Waals surface area contributed by atoms with E-state index in [1.165, 1.54) is 5.56 Å². The van der Waals surface area contributed by atoms with Gasteiger partial charge in [-0.1, -0.05) is 35.9 Å². The minimum absolute atomic E-state index is 0.00136. The van der Waals surface area contributed by atoms with Crippen LogP contribution >= 0.6 is 11.6 Å². The lowest BCUT2D eigenvalue weighted by Crippen LogP contribution is -2.29. The van der Waals surface area contributed by atoms with E-state index < -0.39 is 6.10 Å². The third-order valence-corrected chi connectivity index (χ3v) is 7.14. The van der Waals surface area contributed by atoms with E-state index in [0.29, 0.717) is 16.6 Å². The summed E-state index contributed by atoms with van der Waals surface area (Å²) >= 11 is 5.86. The van der Waals surface area contributed by atoms with E-state index in [0.717, 1.165) is 36.8 Å². The van der Waals surface area contributed by atoms with E-state index >= 15 is 0 Å². The predicted octanol–water partition coefficient (Wildman–Crippen LogP) is 5.66. The van der Waals surface area contributed by atoms with Crippen molar-refractivity contribution in [3.63, 3.8) is 0 Å². The number of hydrogen-bond donors (Lipinski definition) is 1. The molecule has 1 saturated carbocycles. The van der Waals surface area contributed by atoms with Gasteiger partial charge in [0.15, 0.2) is 0 Å². The molecule has 1 N–H and O–H groups in total. The smallest absolute Gasteiger partial charge is 0.254 e. The molecule has 4 rings (SSSR count). The number of hydrogen-bond acceptors (Lipinski definition) is 4. The number of aromatic nitrogens is 2. The highest BCUT2D eigenvalue weighted by molar-refractivity contribution is 6.29. The molecule has 33 heavy (non-hydrogen) atoms. The van der Waals surface area contributed by atoms with E-state index in [4.69, 9.17) is 11.6 Å². The molecule has 5 nitrogen and oxygen atoms in total. The topological polar surface area (TPSA) is 66.3 Å². The molecule has 1 aromatic carbocycles. The summed E-state index contributed by atoms with van der Waals surface area (Å²) in [6.07, 6.45) is 8.73. The normalized spacial score (nSPS) is 19.8. The molecule has 0 bridgehead atoms. The number of rotatable bonds is 7. The number of carbonyl (C=O) groups excluding carboxylic acids is 1. The van der Waals surface area contributed by atoms with Crippen LogP contribution in [0.5, 0.6) is 0 Å². The minimum atomic E-state index is -0.503. The molecule has 4 atom stereocenters.